The highest BCUT2D eigenvalue weighted by atomic mass is 15.5. The van der Waals surface area contributed by atoms with E-state index in [4.69, 9.17) is 0 Å². The van der Waals surface area contributed by atoms with Crippen molar-refractivity contribution in [2.75, 3.05) is 105 Å². The lowest BCUT2D eigenvalue weighted by Crippen LogP contribution is -2.60. The highest BCUT2D eigenvalue weighted by Gasteiger charge is 2.32. The molecule has 0 aliphatic heterocycles. The number of hydrogen-bond acceptors (Lipinski definition) is 4. The van der Waals surface area contributed by atoms with Crippen molar-refractivity contribution < 1.29 is 17.9 Å². The van der Waals surface area contributed by atoms with Crippen molar-refractivity contribution in [3.8, 4) is 0 Å². The second-order valence-electron chi connectivity index (χ2n) is 25.3. The SMILES string of the molecule is C.C.C.C.CC(C)N(C)C[N+](C)(C)C(C)C.CC(C)[N+](C)(C)C(C)C.CC(C)[N+](C)(C)C[N+](C)(C)C(C)C.CN(C(C)(C)C)C(C)(C)C.CN(CN(C)C(C)(C)C)C(C)(C)C. The summed E-state index contributed by atoms with van der Waals surface area (Å²) < 4.78 is 4.35. The van der Waals surface area contributed by atoms with E-state index in [9.17, 15) is 0 Å². The maximum Gasteiger partial charge on any atom is 0.207 e. The van der Waals surface area contributed by atoms with Gasteiger partial charge in [-0.3, -0.25) is 28.6 Å². The van der Waals surface area contributed by atoms with Crippen LogP contribution in [0.25, 0.3) is 0 Å². The van der Waals surface area contributed by atoms with Crippen LogP contribution in [0, 0.1) is 0 Å². The van der Waals surface area contributed by atoms with Gasteiger partial charge in [-0.05, 0) is 194 Å². The van der Waals surface area contributed by atoms with E-state index in [1.54, 1.807) is 0 Å². The number of nitrogens with zero attached hydrogens (tertiary/aromatic N) is 8. The van der Waals surface area contributed by atoms with E-state index in [0.29, 0.717) is 24.2 Å². The molecule has 8 nitrogen and oxygen atoms in total. The van der Waals surface area contributed by atoms with Crippen LogP contribution in [-0.4, -0.2) is 201 Å². The Bertz CT molecular complexity index is 935. The fourth-order valence-electron chi connectivity index (χ4n) is 4.51. The van der Waals surface area contributed by atoms with E-state index < -0.39 is 0 Å². The lowest BCUT2D eigenvalue weighted by Gasteiger charge is -2.43. The van der Waals surface area contributed by atoms with Gasteiger partial charge in [-0.2, -0.15) is 0 Å². The molecule has 0 aromatic carbocycles. The summed E-state index contributed by atoms with van der Waals surface area (Å²) in [4.78, 5) is 9.48. The van der Waals surface area contributed by atoms with Crippen LogP contribution in [0.1, 0.15) is 196 Å². The van der Waals surface area contributed by atoms with Crippen molar-refractivity contribution in [3.63, 3.8) is 0 Å². The summed E-state index contributed by atoms with van der Waals surface area (Å²) in [6.07, 6.45) is 0. The van der Waals surface area contributed by atoms with Gasteiger partial charge in [0.1, 0.15) is 6.67 Å². The zero-order valence-electron chi connectivity index (χ0n) is 47.2. The molecule has 0 aliphatic rings. The Morgan fingerprint density at radius 1 is 0.361 bits per heavy atom. The van der Waals surface area contributed by atoms with Crippen molar-refractivity contribution in [1.82, 2.24) is 19.6 Å². The zero-order valence-corrected chi connectivity index (χ0v) is 47.2. The third-order valence-corrected chi connectivity index (χ3v) is 13.8. The third-order valence-electron chi connectivity index (χ3n) is 13.8. The quantitative estimate of drug-likeness (QED) is 0.143. The second-order valence-corrected chi connectivity index (χ2v) is 25.3. The number of hydrogen-bond donors (Lipinski definition) is 0. The summed E-state index contributed by atoms with van der Waals surface area (Å²) in [5, 5.41) is 0. The molecule has 61 heavy (non-hydrogen) atoms. The summed E-state index contributed by atoms with van der Waals surface area (Å²) in [7, 11) is 27.1. The average Bonchev–Trinajstić information content (AvgIpc) is 2.95. The van der Waals surface area contributed by atoms with Gasteiger partial charge < -0.3 is 8.97 Å². The van der Waals surface area contributed by atoms with Gasteiger partial charge in [0, 0.05) is 28.2 Å². The summed E-state index contributed by atoms with van der Waals surface area (Å²) >= 11 is 0. The molecule has 0 bridgehead atoms. The molecule has 0 rings (SSSR count). The van der Waals surface area contributed by atoms with Crippen molar-refractivity contribution in [1.29, 1.82) is 0 Å². The van der Waals surface area contributed by atoms with Crippen LogP contribution in [-0.2, 0) is 0 Å². The molecular formula is C53H136N8+4. The molecule has 8 heteroatoms. The summed E-state index contributed by atoms with van der Waals surface area (Å²) in [5.41, 5.74) is 1.05. The van der Waals surface area contributed by atoms with Crippen LogP contribution in [0.3, 0.4) is 0 Å². The molecule has 0 aromatic rings. The largest absolute Gasteiger partial charge is 0.325 e. The Morgan fingerprint density at radius 2 is 0.590 bits per heavy atom. The lowest BCUT2D eigenvalue weighted by atomic mass is 9.98. The predicted molar refractivity (Wildman–Crippen MR) is 291 cm³/mol. The molecule has 0 amide bonds. The number of rotatable bonds is 12. The van der Waals surface area contributed by atoms with Gasteiger partial charge in [0.25, 0.3) is 0 Å². The van der Waals surface area contributed by atoms with Crippen molar-refractivity contribution >= 4 is 0 Å². The zero-order chi connectivity index (χ0) is 47.9. The van der Waals surface area contributed by atoms with E-state index in [1.807, 2.05) is 0 Å². The van der Waals surface area contributed by atoms with Gasteiger partial charge in [0.2, 0.25) is 6.67 Å². The molecule has 0 aromatic heterocycles. The van der Waals surface area contributed by atoms with Crippen LogP contribution in [0.5, 0.6) is 0 Å². The number of quaternary nitrogens is 4. The van der Waals surface area contributed by atoms with Crippen LogP contribution < -0.4 is 0 Å². The minimum Gasteiger partial charge on any atom is -0.325 e. The Hall–Kier alpha value is -0.320. The van der Waals surface area contributed by atoms with Gasteiger partial charge >= 0.3 is 0 Å². The average molecular weight is 886 g/mol. The molecule has 0 aliphatic carbocycles. The minimum atomic E-state index is 0. The first-order valence-electron chi connectivity index (χ1n) is 22.6. The molecule has 0 radical (unpaired) electrons. The van der Waals surface area contributed by atoms with Crippen molar-refractivity contribution in [3.05, 3.63) is 0 Å². The minimum absolute atomic E-state index is 0. The monoisotopic (exact) mass is 885 g/mol. The maximum atomic E-state index is 2.39. The molecular weight excluding hydrogens is 749 g/mol. The van der Waals surface area contributed by atoms with Crippen LogP contribution in [0.2, 0.25) is 0 Å². The Morgan fingerprint density at radius 3 is 0.705 bits per heavy atom. The van der Waals surface area contributed by atoms with Crippen LogP contribution >= 0.6 is 0 Å². The fourth-order valence-corrected chi connectivity index (χ4v) is 4.51. The normalized spacial score (nSPS) is 13.1. The highest BCUT2D eigenvalue weighted by Crippen LogP contribution is 2.21. The molecule has 0 fully saturated rings. The molecule has 384 valence electrons. The topological polar surface area (TPSA) is 13.0 Å². The van der Waals surface area contributed by atoms with Gasteiger partial charge in [0.15, 0.2) is 0 Å². The first-order valence-corrected chi connectivity index (χ1v) is 22.6. The fraction of sp³-hybridized carbons (Fsp3) is 1.00. The van der Waals surface area contributed by atoms with Gasteiger partial charge in [0.05, 0.1) is 93.3 Å². The first-order chi connectivity index (χ1) is 24.5. The third kappa shape index (κ3) is 37.6. The lowest BCUT2D eigenvalue weighted by molar-refractivity contribution is -1.09. The van der Waals surface area contributed by atoms with E-state index in [2.05, 4.69) is 270 Å². The van der Waals surface area contributed by atoms with E-state index in [1.165, 1.54) is 6.67 Å². The van der Waals surface area contributed by atoms with Crippen molar-refractivity contribution in [2.24, 2.45) is 0 Å². The predicted octanol–water partition coefficient (Wildman–Crippen LogP) is 13.0. The van der Waals surface area contributed by atoms with Gasteiger partial charge in [-0.25, -0.2) is 0 Å². The van der Waals surface area contributed by atoms with Gasteiger partial charge in [-0.15, -0.1) is 0 Å². The molecule has 0 heterocycles. The molecule has 0 N–H and O–H groups in total. The first kappa shape index (κ1) is 80.9. The molecule has 0 saturated carbocycles. The summed E-state index contributed by atoms with van der Waals surface area (Å²) in [6, 6.07) is 4.16. The molecule has 0 unspecified atom stereocenters. The van der Waals surface area contributed by atoms with Crippen LogP contribution in [0.4, 0.5) is 0 Å². The van der Waals surface area contributed by atoms with E-state index in [-0.39, 0.29) is 51.9 Å². The molecule has 0 saturated heterocycles. The van der Waals surface area contributed by atoms with E-state index in [0.717, 1.165) is 43.4 Å². The maximum absolute atomic E-state index is 2.39. The molecule has 0 spiro atoms. The summed E-state index contributed by atoms with van der Waals surface area (Å²) in [6.45, 7) is 57.4. The standard InChI is InChI=1S/C11H28N2.C11H26N2.C10H25N2.C9H21N.C8H20N.4CH4/c1-10(2)12(5,6)9-13(7,8)11(3)4;1-10(2,3)12(7)9-13(8)11(4,5)6;1-9(2)11(5)8-12(6,7)10(3)4;1-8(2,3)10(7)9(4,5)6;1-7(2)9(5,6)8(3)4;;;;/h10-11H,9H2,1-8H3;9H2,1-8H3;9-10H,8H2,1-7H3;1-7H3;7-8H,1-6H3;4*1H4/q+2;;+1;;+1;;;;. The Balaban J connectivity index is -0.0000000784. The Labute approximate surface area is 395 Å². The smallest absolute Gasteiger partial charge is 0.207 e. The van der Waals surface area contributed by atoms with E-state index >= 15 is 0 Å². The van der Waals surface area contributed by atoms with Crippen LogP contribution in [0.15, 0.2) is 0 Å². The highest BCUT2D eigenvalue weighted by molar-refractivity contribution is 4.83. The van der Waals surface area contributed by atoms with Crippen molar-refractivity contribution in [2.45, 2.75) is 254 Å². The second kappa shape index (κ2) is 31.6. The van der Waals surface area contributed by atoms with Gasteiger partial charge in [-0.1, -0.05) is 29.7 Å². The molecule has 0 atom stereocenters. The summed E-state index contributed by atoms with van der Waals surface area (Å²) in [5.74, 6) is 0. The Kier molecular flexibility index (Phi) is 41.9.